The van der Waals surface area contributed by atoms with Gasteiger partial charge in [0.1, 0.15) is 0 Å². The second-order valence-corrected chi connectivity index (χ2v) is 6.15. The fourth-order valence-electron chi connectivity index (χ4n) is 1.58. The lowest BCUT2D eigenvalue weighted by Crippen LogP contribution is -2.30. The third-order valence-electron chi connectivity index (χ3n) is 3.32. The molecule has 0 amide bonds. The smallest absolute Gasteiger partial charge is 0.0644 e. The van der Waals surface area contributed by atoms with Crippen LogP contribution in [-0.2, 0) is 9.47 Å². The highest BCUT2D eigenvalue weighted by molar-refractivity contribution is 4.67. The first-order chi connectivity index (χ1) is 8.37. The van der Waals surface area contributed by atoms with Gasteiger partial charge in [-0.1, -0.05) is 13.8 Å². The largest absolute Gasteiger partial charge is 0.380 e. The van der Waals surface area contributed by atoms with Gasteiger partial charge in [0.25, 0.3) is 0 Å². The SMILES string of the molecule is COC(C)(C)CCOCCNC(C)CCC(C)C. The van der Waals surface area contributed by atoms with E-state index in [-0.39, 0.29) is 5.60 Å². The van der Waals surface area contributed by atoms with Crippen LogP contribution in [0.5, 0.6) is 0 Å². The highest BCUT2D eigenvalue weighted by Crippen LogP contribution is 2.12. The first-order valence-corrected chi connectivity index (χ1v) is 7.23. The molecular weight excluding hydrogens is 226 g/mol. The molecule has 0 saturated heterocycles. The minimum atomic E-state index is -0.0714. The van der Waals surface area contributed by atoms with E-state index < -0.39 is 0 Å². The van der Waals surface area contributed by atoms with Crippen LogP contribution in [0.4, 0.5) is 0 Å². The highest BCUT2D eigenvalue weighted by atomic mass is 16.5. The molecule has 1 atom stereocenters. The second-order valence-electron chi connectivity index (χ2n) is 6.15. The number of rotatable bonds is 11. The van der Waals surface area contributed by atoms with E-state index in [9.17, 15) is 0 Å². The van der Waals surface area contributed by atoms with E-state index in [0.29, 0.717) is 6.04 Å². The monoisotopic (exact) mass is 259 g/mol. The molecule has 0 radical (unpaired) electrons. The van der Waals surface area contributed by atoms with Gasteiger partial charge in [-0.25, -0.2) is 0 Å². The fourth-order valence-corrected chi connectivity index (χ4v) is 1.58. The van der Waals surface area contributed by atoms with Gasteiger partial charge >= 0.3 is 0 Å². The summed E-state index contributed by atoms with van der Waals surface area (Å²) in [5.74, 6) is 0.793. The zero-order chi connectivity index (χ0) is 14.0. The molecule has 0 aromatic heterocycles. The Hall–Kier alpha value is -0.120. The zero-order valence-corrected chi connectivity index (χ0v) is 13.2. The van der Waals surface area contributed by atoms with E-state index >= 15 is 0 Å². The molecule has 1 N–H and O–H groups in total. The first kappa shape index (κ1) is 17.9. The molecule has 3 heteroatoms. The number of hydrogen-bond acceptors (Lipinski definition) is 3. The van der Waals surface area contributed by atoms with Crippen LogP contribution in [0.2, 0.25) is 0 Å². The van der Waals surface area contributed by atoms with Crippen LogP contribution in [0.3, 0.4) is 0 Å². The molecule has 0 aliphatic heterocycles. The van der Waals surface area contributed by atoms with E-state index in [1.807, 2.05) is 0 Å². The van der Waals surface area contributed by atoms with Gasteiger partial charge in [-0.05, 0) is 46.0 Å². The minimum absolute atomic E-state index is 0.0714. The maximum Gasteiger partial charge on any atom is 0.0644 e. The molecule has 0 aromatic carbocycles. The maximum atomic E-state index is 5.60. The van der Waals surface area contributed by atoms with Crippen LogP contribution in [0.1, 0.15) is 53.9 Å². The molecule has 0 spiro atoms. The standard InChI is InChI=1S/C15H33NO2/c1-13(2)7-8-14(3)16-10-12-18-11-9-15(4,5)17-6/h13-14,16H,7-12H2,1-6H3. The number of ether oxygens (including phenoxy) is 2. The molecule has 0 aliphatic carbocycles. The van der Waals surface area contributed by atoms with Crippen molar-refractivity contribution >= 4 is 0 Å². The van der Waals surface area contributed by atoms with Gasteiger partial charge in [0.05, 0.1) is 12.2 Å². The van der Waals surface area contributed by atoms with E-state index in [0.717, 1.165) is 32.1 Å². The molecule has 0 bridgehead atoms. The first-order valence-electron chi connectivity index (χ1n) is 7.23. The molecule has 0 aliphatic rings. The zero-order valence-electron chi connectivity index (χ0n) is 13.2. The van der Waals surface area contributed by atoms with E-state index in [1.54, 1.807) is 7.11 Å². The van der Waals surface area contributed by atoms with Crippen molar-refractivity contribution in [2.45, 2.75) is 65.5 Å². The lowest BCUT2D eigenvalue weighted by molar-refractivity contribution is -0.00950. The molecule has 3 nitrogen and oxygen atoms in total. The van der Waals surface area contributed by atoms with Gasteiger partial charge < -0.3 is 14.8 Å². The quantitative estimate of drug-likeness (QED) is 0.578. The Morgan fingerprint density at radius 2 is 1.72 bits per heavy atom. The number of methoxy groups -OCH3 is 1. The molecule has 18 heavy (non-hydrogen) atoms. The van der Waals surface area contributed by atoms with Crippen molar-refractivity contribution in [2.75, 3.05) is 26.9 Å². The van der Waals surface area contributed by atoms with Crippen molar-refractivity contribution in [3.63, 3.8) is 0 Å². The Morgan fingerprint density at radius 1 is 1.06 bits per heavy atom. The van der Waals surface area contributed by atoms with Gasteiger partial charge in [0.15, 0.2) is 0 Å². The Balaban J connectivity index is 3.35. The summed E-state index contributed by atoms with van der Waals surface area (Å²) in [4.78, 5) is 0. The summed E-state index contributed by atoms with van der Waals surface area (Å²) >= 11 is 0. The van der Waals surface area contributed by atoms with Gasteiger partial charge in [-0.2, -0.15) is 0 Å². The van der Waals surface area contributed by atoms with Crippen molar-refractivity contribution in [2.24, 2.45) is 5.92 Å². The lowest BCUT2D eigenvalue weighted by Gasteiger charge is -2.22. The van der Waals surface area contributed by atoms with Crippen LogP contribution >= 0.6 is 0 Å². The summed E-state index contributed by atoms with van der Waals surface area (Å²) in [5.41, 5.74) is -0.0714. The topological polar surface area (TPSA) is 30.5 Å². The molecule has 0 rings (SSSR count). The van der Waals surface area contributed by atoms with Crippen LogP contribution < -0.4 is 5.32 Å². The number of nitrogens with one attached hydrogen (secondary N) is 1. The third kappa shape index (κ3) is 11.0. The average molecular weight is 259 g/mol. The van der Waals surface area contributed by atoms with Crippen LogP contribution in [0.25, 0.3) is 0 Å². The van der Waals surface area contributed by atoms with Gasteiger partial charge in [-0.15, -0.1) is 0 Å². The molecule has 0 aromatic rings. The Kier molecular flexibility index (Phi) is 9.70. The van der Waals surface area contributed by atoms with Crippen molar-refractivity contribution < 1.29 is 9.47 Å². The van der Waals surface area contributed by atoms with Crippen molar-refractivity contribution in [3.05, 3.63) is 0 Å². The fraction of sp³-hybridized carbons (Fsp3) is 1.00. The van der Waals surface area contributed by atoms with Crippen molar-refractivity contribution in [3.8, 4) is 0 Å². The molecule has 0 heterocycles. The summed E-state index contributed by atoms with van der Waals surface area (Å²) in [7, 11) is 1.75. The van der Waals surface area contributed by atoms with E-state index in [4.69, 9.17) is 9.47 Å². The summed E-state index contributed by atoms with van der Waals surface area (Å²) in [5, 5.41) is 3.49. The predicted octanol–water partition coefficient (Wildman–Crippen LogP) is 3.23. The Bertz CT molecular complexity index is 193. The Labute approximate surface area is 114 Å². The highest BCUT2D eigenvalue weighted by Gasteiger charge is 2.15. The predicted molar refractivity (Wildman–Crippen MR) is 78.1 cm³/mol. The minimum Gasteiger partial charge on any atom is -0.380 e. The summed E-state index contributed by atoms with van der Waals surface area (Å²) in [6.07, 6.45) is 3.47. The van der Waals surface area contributed by atoms with Gasteiger partial charge in [0, 0.05) is 26.3 Å². The molecule has 0 fully saturated rings. The molecule has 0 saturated carbocycles. The molecule has 110 valence electrons. The molecular formula is C15H33NO2. The summed E-state index contributed by atoms with van der Waals surface area (Å²) in [6, 6.07) is 0.589. The average Bonchev–Trinajstić information content (AvgIpc) is 2.31. The van der Waals surface area contributed by atoms with Gasteiger partial charge in [0.2, 0.25) is 0 Å². The van der Waals surface area contributed by atoms with Crippen LogP contribution in [0.15, 0.2) is 0 Å². The van der Waals surface area contributed by atoms with Crippen molar-refractivity contribution in [1.29, 1.82) is 0 Å². The maximum absolute atomic E-state index is 5.60. The van der Waals surface area contributed by atoms with Gasteiger partial charge in [-0.3, -0.25) is 0 Å². The third-order valence-corrected chi connectivity index (χ3v) is 3.32. The lowest BCUT2D eigenvalue weighted by atomic mass is 10.0. The number of hydrogen-bond donors (Lipinski definition) is 1. The summed E-state index contributed by atoms with van der Waals surface area (Å²) in [6.45, 7) is 13.4. The van der Waals surface area contributed by atoms with Crippen LogP contribution in [-0.4, -0.2) is 38.5 Å². The van der Waals surface area contributed by atoms with Crippen LogP contribution in [0, 0.1) is 5.92 Å². The van der Waals surface area contributed by atoms with Crippen molar-refractivity contribution in [1.82, 2.24) is 5.32 Å². The normalized spacial score (nSPS) is 14.2. The Morgan fingerprint density at radius 3 is 2.28 bits per heavy atom. The molecule has 1 unspecified atom stereocenters. The van der Waals surface area contributed by atoms with E-state index in [2.05, 4.69) is 39.9 Å². The second kappa shape index (κ2) is 9.76. The van der Waals surface area contributed by atoms with E-state index in [1.165, 1.54) is 12.8 Å². The summed E-state index contributed by atoms with van der Waals surface area (Å²) < 4.78 is 10.9.